The summed E-state index contributed by atoms with van der Waals surface area (Å²) in [6.07, 6.45) is 1.07. The Morgan fingerprint density at radius 1 is 1.28 bits per heavy atom. The fraction of sp³-hybridized carbons (Fsp3) is 0.500. The average molecular weight is 436 g/mol. The summed E-state index contributed by atoms with van der Waals surface area (Å²) in [5.41, 5.74) is 0.831. The van der Waals surface area contributed by atoms with Crippen LogP contribution in [0, 0.1) is 5.41 Å². The van der Waals surface area contributed by atoms with Crippen molar-refractivity contribution >= 4 is 32.3 Å². The van der Waals surface area contributed by atoms with Gasteiger partial charge in [-0.05, 0) is 24.0 Å². The van der Waals surface area contributed by atoms with Crippen LogP contribution in [0.15, 0.2) is 35.2 Å². The molecule has 1 N–H and O–H groups in total. The van der Waals surface area contributed by atoms with Crippen molar-refractivity contribution in [2.45, 2.75) is 37.7 Å². The minimum Gasteiger partial charge on any atom is -0.373 e. The minimum atomic E-state index is -3.57. The lowest BCUT2D eigenvalue weighted by atomic mass is 9.78. The van der Waals surface area contributed by atoms with Gasteiger partial charge < -0.3 is 9.64 Å². The van der Waals surface area contributed by atoms with Crippen LogP contribution in [0.1, 0.15) is 35.6 Å². The number of fused-ring (bicyclic) bond motifs is 1. The first-order valence-corrected chi connectivity index (χ1v) is 12.0. The monoisotopic (exact) mass is 435 g/mol. The lowest BCUT2D eigenvalue weighted by molar-refractivity contribution is 0.0442. The highest BCUT2D eigenvalue weighted by Crippen LogP contribution is 2.39. The Kier molecular flexibility index (Phi) is 5.50. The van der Waals surface area contributed by atoms with Crippen molar-refractivity contribution in [2.75, 3.05) is 31.1 Å². The van der Waals surface area contributed by atoms with Crippen molar-refractivity contribution in [1.29, 1.82) is 0 Å². The average Bonchev–Trinajstić information content (AvgIpc) is 3.11. The Balaban J connectivity index is 1.43. The molecule has 2 aliphatic rings. The summed E-state index contributed by atoms with van der Waals surface area (Å²) in [5, 5.41) is 0.820. The number of nitrogens with zero attached hydrogens (tertiary/aromatic N) is 2. The van der Waals surface area contributed by atoms with Crippen LogP contribution in [0.3, 0.4) is 0 Å². The van der Waals surface area contributed by atoms with Gasteiger partial charge in [0.25, 0.3) is 0 Å². The molecule has 1 aromatic heterocycles. The summed E-state index contributed by atoms with van der Waals surface area (Å²) in [6, 6.07) is 8.30. The third-order valence-electron chi connectivity index (χ3n) is 5.19. The number of Topliss-reactive ketones (excluding diaryl/α,β-unsaturated/α-hetero) is 1. The first kappa shape index (κ1) is 20.5. The Morgan fingerprint density at radius 3 is 2.79 bits per heavy atom. The summed E-state index contributed by atoms with van der Waals surface area (Å²) in [6.45, 7) is 6.06. The van der Waals surface area contributed by atoms with Crippen LogP contribution in [0.4, 0.5) is 5.13 Å². The van der Waals surface area contributed by atoms with Crippen molar-refractivity contribution in [1.82, 2.24) is 9.71 Å². The number of carbonyl (C=O) groups excluding carboxylic acids is 1. The van der Waals surface area contributed by atoms with Crippen LogP contribution in [-0.2, 0) is 21.2 Å². The highest BCUT2D eigenvalue weighted by molar-refractivity contribution is 7.89. The van der Waals surface area contributed by atoms with Crippen LogP contribution in [0.2, 0.25) is 0 Å². The molecule has 1 aromatic carbocycles. The molecule has 0 bridgehead atoms. The number of rotatable bonds is 5. The van der Waals surface area contributed by atoms with Crippen LogP contribution in [0.5, 0.6) is 0 Å². The zero-order valence-electron chi connectivity index (χ0n) is 16.6. The SMILES string of the molecule is CC1(C)CC(=O)c2sc(N3CCOC(CNS(=O)(=O)c4ccccc4)C3)nc2C1. The number of anilines is 1. The largest absolute Gasteiger partial charge is 0.373 e. The second kappa shape index (κ2) is 7.79. The molecule has 2 aromatic rings. The molecule has 0 saturated carbocycles. The van der Waals surface area contributed by atoms with Gasteiger partial charge in [0.1, 0.15) is 0 Å². The van der Waals surface area contributed by atoms with Crippen molar-refractivity contribution < 1.29 is 17.9 Å². The van der Waals surface area contributed by atoms with E-state index in [2.05, 4.69) is 23.5 Å². The van der Waals surface area contributed by atoms with Gasteiger partial charge in [0.15, 0.2) is 10.9 Å². The van der Waals surface area contributed by atoms with Gasteiger partial charge in [0, 0.05) is 26.1 Å². The van der Waals surface area contributed by atoms with Gasteiger partial charge >= 0.3 is 0 Å². The molecule has 4 rings (SSSR count). The van der Waals surface area contributed by atoms with Crippen LogP contribution >= 0.6 is 11.3 Å². The lowest BCUT2D eigenvalue weighted by Crippen LogP contribution is -2.47. The number of hydrogen-bond acceptors (Lipinski definition) is 7. The standard InChI is InChI=1S/C20H25N3O4S2/c1-20(2)10-16-18(17(24)11-20)28-19(22-16)23-8-9-27-14(13-23)12-21-29(25,26)15-6-4-3-5-7-15/h3-7,14,21H,8-13H2,1-2H3. The minimum absolute atomic E-state index is 0.0569. The normalized spacial score (nSPS) is 21.8. The molecular weight excluding hydrogens is 410 g/mol. The summed E-state index contributed by atoms with van der Waals surface area (Å²) in [7, 11) is -3.57. The van der Waals surface area contributed by atoms with Crippen LogP contribution in [0.25, 0.3) is 0 Å². The lowest BCUT2D eigenvalue weighted by Gasteiger charge is -2.32. The maximum absolute atomic E-state index is 12.5. The third-order valence-corrected chi connectivity index (χ3v) is 7.83. The fourth-order valence-corrected chi connectivity index (χ4v) is 5.89. The molecule has 9 heteroatoms. The predicted molar refractivity (Wildman–Crippen MR) is 112 cm³/mol. The van der Waals surface area contributed by atoms with Gasteiger partial charge in [-0.1, -0.05) is 43.4 Å². The number of thiazole rings is 1. The molecule has 0 spiro atoms. The Bertz CT molecular complexity index is 1000. The predicted octanol–water partition coefficient (Wildman–Crippen LogP) is 2.48. The van der Waals surface area contributed by atoms with Gasteiger partial charge in [0.2, 0.25) is 10.0 Å². The van der Waals surface area contributed by atoms with E-state index in [0.717, 1.165) is 22.1 Å². The van der Waals surface area contributed by atoms with Crippen molar-refractivity contribution in [3.8, 4) is 0 Å². The molecule has 2 heterocycles. The van der Waals surface area contributed by atoms with E-state index in [1.807, 2.05) is 0 Å². The number of sulfonamides is 1. The van der Waals surface area contributed by atoms with E-state index < -0.39 is 10.0 Å². The van der Waals surface area contributed by atoms with E-state index in [9.17, 15) is 13.2 Å². The fourth-order valence-electron chi connectivity index (χ4n) is 3.75. The molecule has 1 atom stereocenters. The van der Waals surface area contributed by atoms with Gasteiger partial charge in [-0.2, -0.15) is 0 Å². The third kappa shape index (κ3) is 4.53. The smallest absolute Gasteiger partial charge is 0.240 e. The first-order chi connectivity index (χ1) is 13.7. The Morgan fingerprint density at radius 2 is 2.03 bits per heavy atom. The number of ketones is 1. The van der Waals surface area contributed by atoms with Gasteiger partial charge in [-0.3, -0.25) is 4.79 Å². The number of ether oxygens (including phenoxy) is 1. The number of carbonyl (C=O) groups is 1. The summed E-state index contributed by atoms with van der Waals surface area (Å²) in [4.78, 5) is 20.3. The molecule has 0 radical (unpaired) electrons. The van der Waals surface area contributed by atoms with Gasteiger partial charge in [0.05, 0.1) is 28.2 Å². The summed E-state index contributed by atoms with van der Waals surface area (Å²) < 4.78 is 33.2. The molecule has 1 aliphatic carbocycles. The number of morpholine rings is 1. The molecule has 1 fully saturated rings. The Hall–Kier alpha value is -1.81. The number of aromatic nitrogens is 1. The second-order valence-electron chi connectivity index (χ2n) is 8.32. The molecule has 1 saturated heterocycles. The van der Waals surface area contributed by atoms with Gasteiger partial charge in [-0.15, -0.1) is 0 Å². The van der Waals surface area contributed by atoms with E-state index in [-0.39, 0.29) is 28.7 Å². The molecule has 1 aliphatic heterocycles. The zero-order chi connectivity index (χ0) is 20.6. The molecule has 156 valence electrons. The number of hydrogen-bond donors (Lipinski definition) is 1. The summed E-state index contributed by atoms with van der Waals surface area (Å²) >= 11 is 1.44. The molecule has 0 amide bonds. The highest BCUT2D eigenvalue weighted by Gasteiger charge is 2.35. The second-order valence-corrected chi connectivity index (χ2v) is 11.1. The maximum atomic E-state index is 12.5. The Labute approximate surface area is 175 Å². The van der Waals surface area contributed by atoms with Crippen LogP contribution < -0.4 is 9.62 Å². The number of benzene rings is 1. The topological polar surface area (TPSA) is 88.6 Å². The highest BCUT2D eigenvalue weighted by atomic mass is 32.2. The molecule has 7 nitrogen and oxygen atoms in total. The van der Waals surface area contributed by atoms with Crippen molar-refractivity contribution in [3.05, 3.63) is 40.9 Å². The van der Waals surface area contributed by atoms with E-state index in [1.54, 1.807) is 30.3 Å². The van der Waals surface area contributed by atoms with Crippen LogP contribution in [-0.4, -0.2) is 51.5 Å². The molecular formula is C20H25N3O4S2. The maximum Gasteiger partial charge on any atom is 0.240 e. The van der Waals surface area contributed by atoms with E-state index >= 15 is 0 Å². The van der Waals surface area contributed by atoms with Crippen molar-refractivity contribution in [3.63, 3.8) is 0 Å². The molecule has 29 heavy (non-hydrogen) atoms. The quantitative estimate of drug-likeness (QED) is 0.776. The summed E-state index contributed by atoms with van der Waals surface area (Å²) in [5.74, 6) is 0.167. The zero-order valence-corrected chi connectivity index (χ0v) is 18.2. The molecule has 1 unspecified atom stereocenters. The number of nitrogens with one attached hydrogen (secondary N) is 1. The van der Waals surface area contributed by atoms with E-state index in [1.165, 1.54) is 11.3 Å². The first-order valence-electron chi connectivity index (χ1n) is 9.68. The van der Waals surface area contributed by atoms with E-state index in [0.29, 0.717) is 26.1 Å². The van der Waals surface area contributed by atoms with Crippen molar-refractivity contribution in [2.24, 2.45) is 5.41 Å². The van der Waals surface area contributed by atoms with E-state index in [4.69, 9.17) is 9.72 Å². The van der Waals surface area contributed by atoms with Gasteiger partial charge in [-0.25, -0.2) is 18.1 Å².